The Kier molecular flexibility index (Phi) is 4.29. The van der Waals surface area contributed by atoms with Crippen LogP contribution in [0.3, 0.4) is 0 Å². The molecule has 2 rings (SSSR count). The molecule has 0 spiro atoms. The highest BCUT2D eigenvalue weighted by molar-refractivity contribution is 7.07. The van der Waals surface area contributed by atoms with Gasteiger partial charge in [0, 0.05) is 12.5 Å². The Hall–Kier alpha value is -1.19. The van der Waals surface area contributed by atoms with Crippen LogP contribution in [0.25, 0.3) is 0 Å². The second kappa shape index (κ2) is 5.94. The summed E-state index contributed by atoms with van der Waals surface area (Å²) in [5.74, 6) is 0.0822. The van der Waals surface area contributed by atoms with Gasteiger partial charge < -0.3 is 5.32 Å². The van der Waals surface area contributed by atoms with E-state index in [4.69, 9.17) is 0 Å². The van der Waals surface area contributed by atoms with Gasteiger partial charge in [0.2, 0.25) is 0 Å². The summed E-state index contributed by atoms with van der Waals surface area (Å²) in [6, 6.07) is 9.15. The fourth-order valence-electron chi connectivity index (χ4n) is 2.04. The van der Waals surface area contributed by atoms with Crippen LogP contribution in [0.2, 0.25) is 0 Å². The summed E-state index contributed by atoms with van der Waals surface area (Å²) in [6.07, 6.45) is 0.880. The summed E-state index contributed by atoms with van der Waals surface area (Å²) in [4.78, 5) is 0. The molecule has 1 N–H and O–H groups in total. The van der Waals surface area contributed by atoms with Gasteiger partial charge >= 0.3 is 0 Å². The molecular weight excluding hydrogens is 233 g/mol. The first-order valence-corrected chi connectivity index (χ1v) is 6.65. The lowest BCUT2D eigenvalue weighted by Gasteiger charge is -2.17. The van der Waals surface area contributed by atoms with E-state index in [0.717, 1.165) is 18.5 Å². The van der Waals surface area contributed by atoms with Gasteiger partial charge in [0.15, 0.2) is 0 Å². The molecule has 0 saturated carbocycles. The predicted octanol–water partition coefficient (Wildman–Crippen LogP) is 3.43. The first-order valence-electron chi connectivity index (χ1n) is 5.71. The van der Waals surface area contributed by atoms with Crippen molar-refractivity contribution in [2.24, 2.45) is 0 Å². The molecule has 1 unspecified atom stereocenters. The van der Waals surface area contributed by atoms with Crippen molar-refractivity contribution in [1.82, 2.24) is 5.32 Å². The Morgan fingerprint density at radius 1 is 1.29 bits per heavy atom. The van der Waals surface area contributed by atoms with E-state index in [2.05, 4.69) is 22.1 Å². The van der Waals surface area contributed by atoms with Crippen LogP contribution in [0.5, 0.6) is 0 Å². The van der Waals surface area contributed by atoms with Crippen molar-refractivity contribution < 1.29 is 4.39 Å². The second-order valence-electron chi connectivity index (χ2n) is 4.11. The molecule has 1 atom stereocenters. The van der Waals surface area contributed by atoms with Crippen LogP contribution < -0.4 is 5.32 Å². The number of rotatable bonds is 5. The van der Waals surface area contributed by atoms with Crippen molar-refractivity contribution in [3.63, 3.8) is 0 Å². The third-order valence-corrected chi connectivity index (χ3v) is 3.59. The summed E-state index contributed by atoms with van der Waals surface area (Å²) in [5.41, 5.74) is 2.08. The zero-order valence-electron chi connectivity index (χ0n) is 9.82. The Balaban J connectivity index is 2.20. The maximum atomic E-state index is 13.8. The summed E-state index contributed by atoms with van der Waals surface area (Å²) in [6.45, 7) is 0.788. The Morgan fingerprint density at radius 3 is 2.76 bits per heavy atom. The quantitative estimate of drug-likeness (QED) is 0.856. The van der Waals surface area contributed by atoms with Crippen LogP contribution >= 0.6 is 11.3 Å². The highest BCUT2D eigenvalue weighted by Gasteiger charge is 2.15. The van der Waals surface area contributed by atoms with Gasteiger partial charge in [0.05, 0.1) is 0 Å². The van der Waals surface area contributed by atoms with Crippen molar-refractivity contribution in [1.29, 1.82) is 0 Å². The van der Waals surface area contributed by atoms with Gasteiger partial charge in [0.1, 0.15) is 5.82 Å². The molecule has 0 radical (unpaired) electrons. The normalized spacial score (nSPS) is 12.6. The summed E-state index contributed by atoms with van der Waals surface area (Å²) in [5, 5.41) is 7.33. The number of benzene rings is 1. The molecule has 1 aromatic heterocycles. The van der Waals surface area contributed by atoms with E-state index in [0.29, 0.717) is 0 Å². The van der Waals surface area contributed by atoms with Crippen molar-refractivity contribution in [3.05, 3.63) is 58.0 Å². The zero-order chi connectivity index (χ0) is 12.1. The molecule has 0 aliphatic carbocycles. The average Bonchev–Trinajstić information content (AvgIpc) is 2.82. The van der Waals surface area contributed by atoms with Gasteiger partial charge in [-0.3, -0.25) is 0 Å². The van der Waals surface area contributed by atoms with Gasteiger partial charge in [-0.25, -0.2) is 4.39 Å². The van der Waals surface area contributed by atoms with E-state index < -0.39 is 0 Å². The van der Waals surface area contributed by atoms with Crippen molar-refractivity contribution >= 4 is 11.3 Å². The molecule has 17 heavy (non-hydrogen) atoms. The monoisotopic (exact) mass is 249 g/mol. The summed E-state index contributed by atoms with van der Waals surface area (Å²) < 4.78 is 13.8. The molecule has 0 saturated heterocycles. The number of hydrogen-bond donors (Lipinski definition) is 1. The number of hydrogen-bond acceptors (Lipinski definition) is 2. The molecule has 2 aromatic rings. The SMILES string of the molecule is CNCC(Cc1ccsc1)c1ccccc1F. The molecule has 1 heterocycles. The lowest BCUT2D eigenvalue weighted by molar-refractivity contribution is 0.557. The van der Waals surface area contributed by atoms with E-state index in [1.807, 2.05) is 19.2 Å². The van der Waals surface area contributed by atoms with Crippen LogP contribution in [0.15, 0.2) is 41.1 Å². The highest BCUT2D eigenvalue weighted by atomic mass is 32.1. The third-order valence-electron chi connectivity index (χ3n) is 2.86. The van der Waals surface area contributed by atoms with Crippen LogP contribution in [0.1, 0.15) is 17.0 Å². The topological polar surface area (TPSA) is 12.0 Å². The van der Waals surface area contributed by atoms with Crippen LogP contribution in [-0.4, -0.2) is 13.6 Å². The maximum Gasteiger partial charge on any atom is 0.126 e. The summed E-state index contributed by atoms with van der Waals surface area (Å²) in [7, 11) is 1.90. The standard InChI is InChI=1S/C14H16FNS/c1-16-9-12(8-11-6-7-17-10-11)13-4-2-3-5-14(13)15/h2-7,10,12,16H,8-9H2,1H3. The van der Waals surface area contributed by atoms with Crippen LogP contribution in [-0.2, 0) is 6.42 Å². The molecule has 0 aliphatic heterocycles. The summed E-state index contributed by atoms with van der Waals surface area (Å²) >= 11 is 1.68. The lowest BCUT2D eigenvalue weighted by atomic mass is 9.92. The van der Waals surface area contributed by atoms with Crippen LogP contribution in [0.4, 0.5) is 4.39 Å². The number of likely N-dealkylation sites (N-methyl/N-ethyl adjacent to an activating group) is 1. The Labute approximate surface area is 105 Å². The molecule has 0 bridgehead atoms. The van der Waals surface area contributed by atoms with E-state index in [1.165, 1.54) is 11.6 Å². The predicted molar refractivity (Wildman–Crippen MR) is 71.1 cm³/mol. The molecule has 0 fully saturated rings. The Bertz CT molecular complexity index is 453. The van der Waals surface area contributed by atoms with E-state index >= 15 is 0 Å². The fraction of sp³-hybridized carbons (Fsp3) is 0.286. The maximum absolute atomic E-state index is 13.8. The third kappa shape index (κ3) is 3.14. The van der Waals surface area contributed by atoms with E-state index in [1.54, 1.807) is 17.4 Å². The van der Waals surface area contributed by atoms with Gasteiger partial charge in [-0.1, -0.05) is 18.2 Å². The minimum atomic E-state index is -0.108. The molecule has 3 heteroatoms. The minimum Gasteiger partial charge on any atom is -0.319 e. The zero-order valence-corrected chi connectivity index (χ0v) is 10.6. The molecule has 90 valence electrons. The van der Waals surface area contributed by atoms with Gasteiger partial charge in [0.25, 0.3) is 0 Å². The number of nitrogens with one attached hydrogen (secondary N) is 1. The van der Waals surface area contributed by atoms with Crippen molar-refractivity contribution in [3.8, 4) is 0 Å². The molecule has 1 aromatic carbocycles. The first-order chi connectivity index (χ1) is 8.31. The van der Waals surface area contributed by atoms with Gasteiger partial charge in [-0.05, 0) is 47.5 Å². The lowest BCUT2D eigenvalue weighted by Crippen LogP contribution is -2.20. The first kappa shape index (κ1) is 12.3. The molecule has 0 amide bonds. The highest BCUT2D eigenvalue weighted by Crippen LogP contribution is 2.23. The van der Waals surface area contributed by atoms with Crippen LogP contribution in [0, 0.1) is 5.82 Å². The Morgan fingerprint density at radius 2 is 2.12 bits per heavy atom. The number of halogens is 1. The van der Waals surface area contributed by atoms with Gasteiger partial charge in [-0.2, -0.15) is 11.3 Å². The number of thiophene rings is 1. The molecular formula is C14H16FNS. The largest absolute Gasteiger partial charge is 0.319 e. The smallest absolute Gasteiger partial charge is 0.126 e. The van der Waals surface area contributed by atoms with Crippen molar-refractivity contribution in [2.45, 2.75) is 12.3 Å². The second-order valence-corrected chi connectivity index (χ2v) is 4.89. The minimum absolute atomic E-state index is 0.108. The van der Waals surface area contributed by atoms with Crippen molar-refractivity contribution in [2.75, 3.05) is 13.6 Å². The average molecular weight is 249 g/mol. The van der Waals surface area contributed by atoms with E-state index in [-0.39, 0.29) is 11.7 Å². The van der Waals surface area contributed by atoms with Gasteiger partial charge in [-0.15, -0.1) is 0 Å². The fourth-order valence-corrected chi connectivity index (χ4v) is 2.72. The molecule has 1 nitrogen and oxygen atoms in total. The molecule has 0 aliphatic rings. The van der Waals surface area contributed by atoms with E-state index in [9.17, 15) is 4.39 Å².